The van der Waals surface area contributed by atoms with Gasteiger partial charge in [0, 0.05) is 0 Å². The van der Waals surface area contributed by atoms with Crippen molar-refractivity contribution >= 4 is 13.6 Å². The van der Waals surface area contributed by atoms with Crippen molar-refractivity contribution in [3.05, 3.63) is 23.1 Å². The fourth-order valence-electron chi connectivity index (χ4n) is 1.01. The molecule has 0 aliphatic rings. The van der Waals surface area contributed by atoms with Crippen LogP contribution in [0.3, 0.4) is 0 Å². The van der Waals surface area contributed by atoms with E-state index in [2.05, 4.69) is 39.6 Å². The number of aryl methyl sites for hydroxylation is 2. The Hall–Kier alpha value is -0.390. The summed E-state index contributed by atoms with van der Waals surface area (Å²) in [6.45, 7) is 8.78. The summed E-state index contributed by atoms with van der Waals surface area (Å²) in [7, 11) is 0. The average molecular weight is 130 g/mol. The van der Waals surface area contributed by atoms with Gasteiger partial charge in [0.15, 0.2) is 0 Å². The van der Waals surface area contributed by atoms with Crippen molar-refractivity contribution in [2.75, 3.05) is 0 Å². The summed E-state index contributed by atoms with van der Waals surface area (Å²) in [6.07, 6.45) is 2.29. The summed E-state index contributed by atoms with van der Waals surface area (Å²) in [4.78, 5) is 0. The van der Waals surface area contributed by atoms with Crippen LogP contribution in [0.1, 0.15) is 24.8 Å². The van der Waals surface area contributed by atoms with Gasteiger partial charge in [0.05, 0.1) is 0 Å². The molecule has 0 spiro atoms. The Balaban J connectivity index is 2.80. The van der Waals surface area contributed by atoms with Crippen LogP contribution in [0, 0.1) is 0 Å². The van der Waals surface area contributed by atoms with E-state index < -0.39 is 0 Å². The Labute approximate surface area is 64.1 Å². The average Bonchev–Trinajstić information content (AvgIpc) is 2.05. The third-order valence-corrected chi connectivity index (χ3v) is 1.84. The van der Waals surface area contributed by atoms with Gasteiger partial charge < -0.3 is 0 Å². The molecule has 0 saturated heterocycles. The third kappa shape index (κ3) is 1.79. The molecular formula is C8H12B2. The first-order chi connectivity index (χ1) is 4.86. The molecule has 0 aliphatic carbocycles. The molecule has 1 aromatic heterocycles. The third-order valence-electron chi connectivity index (χ3n) is 1.84. The molecule has 10 heavy (non-hydrogen) atoms. The van der Waals surface area contributed by atoms with E-state index in [0.717, 1.165) is 12.8 Å². The SMILES string of the molecule is CCc1bbc(CC)cc1. The molecule has 0 fully saturated rings. The van der Waals surface area contributed by atoms with Crippen LogP contribution in [-0.2, 0) is 12.8 Å². The van der Waals surface area contributed by atoms with Gasteiger partial charge in [-0.25, -0.2) is 0 Å². The topological polar surface area (TPSA) is 0 Å². The quantitative estimate of drug-likeness (QED) is 0.568. The molecule has 1 heterocycles. The van der Waals surface area contributed by atoms with E-state index in [1.165, 1.54) is 10.9 Å². The molecule has 0 N–H and O–H groups in total. The van der Waals surface area contributed by atoms with E-state index in [0.29, 0.717) is 0 Å². The minimum atomic E-state index is 1.14. The first kappa shape index (κ1) is 7.71. The molecule has 0 radical (unpaired) electrons. The number of hydrogen-bond acceptors (Lipinski definition) is 0. The molecule has 0 amide bonds. The van der Waals surface area contributed by atoms with Crippen LogP contribution in [0.5, 0.6) is 0 Å². The van der Waals surface area contributed by atoms with E-state index >= 15 is 0 Å². The molecule has 0 nitrogen and oxygen atoms in total. The Bertz CT molecular complexity index is 168. The number of rotatable bonds is 2. The van der Waals surface area contributed by atoms with E-state index in [1.54, 1.807) is 0 Å². The Kier molecular flexibility index (Phi) is 2.85. The maximum absolute atomic E-state index is 2.21. The van der Waals surface area contributed by atoms with Crippen molar-refractivity contribution in [3.63, 3.8) is 0 Å². The zero-order chi connectivity index (χ0) is 7.40. The van der Waals surface area contributed by atoms with Gasteiger partial charge in [-0.05, 0) is 0 Å². The van der Waals surface area contributed by atoms with Gasteiger partial charge in [0.25, 0.3) is 0 Å². The fraction of sp³-hybridized carbons (Fsp3) is 0.500. The molecule has 0 aliphatic heterocycles. The van der Waals surface area contributed by atoms with E-state index in [-0.39, 0.29) is 0 Å². The fourth-order valence-corrected chi connectivity index (χ4v) is 1.01. The maximum atomic E-state index is 2.21. The summed E-state index contributed by atoms with van der Waals surface area (Å²) in [6, 6.07) is 4.41. The van der Waals surface area contributed by atoms with Crippen LogP contribution in [0.25, 0.3) is 0 Å². The summed E-state index contributed by atoms with van der Waals surface area (Å²) in [5, 5.41) is 0. The van der Waals surface area contributed by atoms with E-state index in [9.17, 15) is 0 Å². The van der Waals surface area contributed by atoms with Crippen LogP contribution in [0.2, 0.25) is 0 Å². The summed E-state index contributed by atoms with van der Waals surface area (Å²) >= 11 is 0. The van der Waals surface area contributed by atoms with Gasteiger partial charge in [-0.3, -0.25) is 0 Å². The van der Waals surface area contributed by atoms with Crippen LogP contribution in [0.4, 0.5) is 0 Å². The molecule has 0 aromatic carbocycles. The zero-order valence-electron chi connectivity index (χ0n) is 6.72. The first-order valence-electron chi connectivity index (χ1n) is 3.94. The predicted molar refractivity (Wildman–Crippen MR) is 47.9 cm³/mol. The van der Waals surface area contributed by atoms with Crippen molar-refractivity contribution in [2.24, 2.45) is 0 Å². The summed E-state index contributed by atoms with van der Waals surface area (Å²) in [5.41, 5.74) is 2.86. The zero-order valence-corrected chi connectivity index (χ0v) is 6.72. The second-order valence-corrected chi connectivity index (χ2v) is 2.52. The van der Waals surface area contributed by atoms with Crippen molar-refractivity contribution in [1.82, 2.24) is 0 Å². The number of hydrogen-bond donors (Lipinski definition) is 0. The van der Waals surface area contributed by atoms with Crippen molar-refractivity contribution in [2.45, 2.75) is 26.7 Å². The molecule has 2 heteroatoms. The van der Waals surface area contributed by atoms with Gasteiger partial charge >= 0.3 is 63.3 Å². The van der Waals surface area contributed by atoms with E-state index in [1.807, 2.05) is 0 Å². The van der Waals surface area contributed by atoms with Crippen LogP contribution in [0.15, 0.2) is 12.1 Å². The first-order valence-corrected chi connectivity index (χ1v) is 3.94. The van der Waals surface area contributed by atoms with Gasteiger partial charge in [-0.15, -0.1) is 0 Å². The second-order valence-electron chi connectivity index (χ2n) is 2.52. The van der Waals surface area contributed by atoms with Crippen LogP contribution >= 0.6 is 0 Å². The molecule has 0 saturated carbocycles. The predicted octanol–water partition coefficient (Wildman–Crippen LogP) is 1.49. The molecule has 0 atom stereocenters. The van der Waals surface area contributed by atoms with Crippen molar-refractivity contribution in [1.29, 1.82) is 0 Å². The Morgan fingerprint density at radius 1 is 1.00 bits per heavy atom. The van der Waals surface area contributed by atoms with Crippen LogP contribution < -0.4 is 0 Å². The van der Waals surface area contributed by atoms with Crippen molar-refractivity contribution in [3.8, 4) is 0 Å². The van der Waals surface area contributed by atoms with Gasteiger partial charge in [0.2, 0.25) is 0 Å². The summed E-state index contributed by atoms with van der Waals surface area (Å²) < 4.78 is 0. The Morgan fingerprint density at radius 3 is 1.60 bits per heavy atom. The van der Waals surface area contributed by atoms with Gasteiger partial charge in [0.1, 0.15) is 0 Å². The van der Waals surface area contributed by atoms with Crippen LogP contribution in [-0.4, -0.2) is 13.6 Å². The minimum absolute atomic E-state index is 1.14. The molecule has 0 bridgehead atoms. The van der Waals surface area contributed by atoms with E-state index in [4.69, 9.17) is 0 Å². The monoisotopic (exact) mass is 130 g/mol. The van der Waals surface area contributed by atoms with Crippen molar-refractivity contribution < 1.29 is 0 Å². The van der Waals surface area contributed by atoms with Gasteiger partial charge in [-0.2, -0.15) is 0 Å². The standard InChI is InChI=1S/C8H12B2/c1-3-7-5-6-8(4-2)10-9-7/h5-6H,3-4H2,1-2H3. The van der Waals surface area contributed by atoms with Gasteiger partial charge in [-0.1, -0.05) is 0 Å². The normalized spacial score (nSPS) is 9.00. The molecule has 0 unspecified atom stereocenters. The second kappa shape index (κ2) is 3.70. The molecule has 1 rings (SSSR count). The Morgan fingerprint density at radius 2 is 1.40 bits per heavy atom. The summed E-state index contributed by atoms with van der Waals surface area (Å²) in [5.74, 6) is 0. The molecule has 1 aromatic rings. The molecule has 50 valence electrons. The molecular weight excluding hydrogens is 118 g/mol.